The molecule has 3 rings (SSSR count). The van der Waals surface area contributed by atoms with E-state index in [1.807, 2.05) is 27.7 Å². The molecule has 2 heterocycles. The Balaban J connectivity index is 2.11. The summed E-state index contributed by atoms with van der Waals surface area (Å²) in [6.07, 6.45) is 2.79. The largest absolute Gasteiger partial charge is 0.493 e. The zero-order valence-electron chi connectivity index (χ0n) is 17.4. The standard InChI is InChI=1S/C21H23FN4O4/c1-11(2)17-18(21(27)28)26(12(3)4)20(25-17)14-9-23-10-16(24-14)30-19-13(22)7-6-8-15(19)29-5/h6-12H,1-5H3,(H,27,28). The van der Waals surface area contributed by atoms with Crippen LogP contribution in [0.4, 0.5) is 4.39 Å². The van der Waals surface area contributed by atoms with E-state index in [0.717, 1.165) is 0 Å². The Hall–Kier alpha value is -3.49. The molecule has 0 aliphatic heterocycles. The van der Waals surface area contributed by atoms with Crippen molar-refractivity contribution in [1.82, 2.24) is 19.5 Å². The van der Waals surface area contributed by atoms with Gasteiger partial charge in [-0.1, -0.05) is 19.9 Å². The monoisotopic (exact) mass is 414 g/mol. The Morgan fingerprint density at radius 1 is 1.17 bits per heavy atom. The molecule has 1 N–H and O–H groups in total. The fourth-order valence-corrected chi connectivity index (χ4v) is 3.11. The minimum absolute atomic E-state index is 0.0252. The molecule has 0 spiro atoms. The molecular formula is C21H23FN4O4. The molecule has 3 aromatic rings. The van der Waals surface area contributed by atoms with Gasteiger partial charge in [0.2, 0.25) is 11.6 Å². The van der Waals surface area contributed by atoms with Gasteiger partial charge in [0.05, 0.1) is 25.2 Å². The van der Waals surface area contributed by atoms with Crippen LogP contribution in [0.2, 0.25) is 0 Å². The Morgan fingerprint density at radius 3 is 2.50 bits per heavy atom. The molecule has 0 bridgehead atoms. The predicted molar refractivity (Wildman–Crippen MR) is 108 cm³/mol. The second-order valence-electron chi connectivity index (χ2n) is 7.21. The number of benzene rings is 1. The molecule has 0 unspecified atom stereocenters. The maximum absolute atomic E-state index is 14.2. The molecule has 0 amide bonds. The van der Waals surface area contributed by atoms with E-state index in [-0.39, 0.29) is 35.0 Å². The summed E-state index contributed by atoms with van der Waals surface area (Å²) in [5, 5.41) is 9.77. The van der Waals surface area contributed by atoms with Crippen LogP contribution < -0.4 is 9.47 Å². The number of imidazole rings is 1. The summed E-state index contributed by atoms with van der Waals surface area (Å²) >= 11 is 0. The first-order valence-electron chi connectivity index (χ1n) is 9.42. The van der Waals surface area contributed by atoms with Crippen LogP contribution in [0.15, 0.2) is 30.6 Å². The van der Waals surface area contributed by atoms with E-state index in [9.17, 15) is 14.3 Å². The number of hydrogen-bond donors (Lipinski definition) is 1. The third-order valence-electron chi connectivity index (χ3n) is 4.40. The molecule has 0 aliphatic carbocycles. The highest BCUT2D eigenvalue weighted by Crippen LogP contribution is 2.34. The van der Waals surface area contributed by atoms with Crippen molar-refractivity contribution in [3.63, 3.8) is 0 Å². The number of carboxylic acid groups (broad SMARTS) is 1. The van der Waals surface area contributed by atoms with E-state index in [4.69, 9.17) is 9.47 Å². The van der Waals surface area contributed by atoms with Crippen molar-refractivity contribution in [3.8, 4) is 28.9 Å². The van der Waals surface area contributed by atoms with Crippen molar-refractivity contribution in [2.24, 2.45) is 0 Å². The van der Waals surface area contributed by atoms with Crippen LogP contribution in [0.1, 0.15) is 55.8 Å². The maximum atomic E-state index is 14.2. The number of nitrogens with zero attached hydrogens (tertiary/aromatic N) is 4. The second-order valence-corrected chi connectivity index (χ2v) is 7.21. The van der Waals surface area contributed by atoms with Crippen LogP contribution in [0.25, 0.3) is 11.5 Å². The van der Waals surface area contributed by atoms with Crippen LogP contribution >= 0.6 is 0 Å². The Morgan fingerprint density at radius 2 is 1.90 bits per heavy atom. The Kier molecular flexibility index (Phi) is 6.00. The highest BCUT2D eigenvalue weighted by molar-refractivity contribution is 5.88. The van der Waals surface area contributed by atoms with E-state index in [2.05, 4.69) is 15.0 Å². The van der Waals surface area contributed by atoms with E-state index < -0.39 is 11.8 Å². The van der Waals surface area contributed by atoms with Gasteiger partial charge in [-0.2, -0.15) is 0 Å². The average molecular weight is 414 g/mol. The number of hydrogen-bond acceptors (Lipinski definition) is 6. The van der Waals surface area contributed by atoms with Crippen molar-refractivity contribution in [2.75, 3.05) is 7.11 Å². The summed E-state index contributed by atoms with van der Waals surface area (Å²) in [7, 11) is 1.41. The molecule has 0 saturated heterocycles. The Labute approximate surface area is 173 Å². The molecule has 8 nitrogen and oxygen atoms in total. The number of ether oxygens (including phenoxy) is 2. The number of aromatic carboxylic acids is 1. The third-order valence-corrected chi connectivity index (χ3v) is 4.40. The first-order valence-corrected chi connectivity index (χ1v) is 9.42. The van der Waals surface area contributed by atoms with Crippen molar-refractivity contribution < 1.29 is 23.8 Å². The van der Waals surface area contributed by atoms with Gasteiger partial charge in [0.1, 0.15) is 5.69 Å². The Bertz CT molecular complexity index is 1080. The topological polar surface area (TPSA) is 99.4 Å². The molecular weight excluding hydrogens is 391 g/mol. The lowest BCUT2D eigenvalue weighted by atomic mass is 10.1. The van der Waals surface area contributed by atoms with Crippen LogP contribution in [-0.4, -0.2) is 37.7 Å². The van der Waals surface area contributed by atoms with Gasteiger partial charge in [0.15, 0.2) is 23.1 Å². The van der Waals surface area contributed by atoms with Gasteiger partial charge >= 0.3 is 5.97 Å². The van der Waals surface area contributed by atoms with Crippen LogP contribution in [-0.2, 0) is 0 Å². The number of aromatic nitrogens is 4. The molecule has 9 heteroatoms. The van der Waals surface area contributed by atoms with Gasteiger partial charge in [0.25, 0.3) is 0 Å². The number of carboxylic acids is 1. The molecule has 2 aromatic heterocycles. The molecule has 0 aliphatic rings. The lowest BCUT2D eigenvalue weighted by Gasteiger charge is -2.14. The smallest absolute Gasteiger partial charge is 0.354 e. The van der Waals surface area contributed by atoms with E-state index >= 15 is 0 Å². The number of carbonyl (C=O) groups is 1. The molecule has 0 saturated carbocycles. The minimum atomic E-state index is -1.07. The van der Waals surface area contributed by atoms with E-state index in [1.54, 1.807) is 10.6 Å². The summed E-state index contributed by atoms with van der Waals surface area (Å²) in [6.45, 7) is 7.47. The van der Waals surface area contributed by atoms with Gasteiger partial charge in [-0.25, -0.2) is 19.2 Å². The first-order chi connectivity index (χ1) is 14.2. The number of rotatable bonds is 7. The maximum Gasteiger partial charge on any atom is 0.354 e. The van der Waals surface area contributed by atoms with Crippen LogP contribution in [0, 0.1) is 5.82 Å². The number of halogens is 1. The predicted octanol–water partition coefficient (Wildman–Crippen LogP) is 4.68. The van der Waals surface area contributed by atoms with E-state index in [1.165, 1.54) is 31.6 Å². The third kappa shape index (κ3) is 3.96. The molecule has 0 fully saturated rings. The SMILES string of the molecule is COc1cccc(F)c1Oc1cncc(-c2nc(C(C)C)c(C(=O)O)n2C(C)C)n1. The fraction of sp³-hybridized carbons (Fsp3) is 0.333. The summed E-state index contributed by atoms with van der Waals surface area (Å²) in [4.78, 5) is 25.0. The van der Waals surface area contributed by atoms with Crippen molar-refractivity contribution in [2.45, 2.75) is 39.7 Å². The summed E-state index contributed by atoms with van der Waals surface area (Å²) in [5.74, 6) is -1.32. The van der Waals surface area contributed by atoms with Crippen molar-refractivity contribution in [1.29, 1.82) is 0 Å². The highest BCUT2D eigenvalue weighted by Gasteiger charge is 2.27. The van der Waals surface area contributed by atoms with Crippen molar-refractivity contribution in [3.05, 3.63) is 47.8 Å². The summed E-state index contributed by atoms with van der Waals surface area (Å²) in [6, 6.07) is 4.12. The van der Waals surface area contributed by atoms with Gasteiger partial charge in [0, 0.05) is 6.04 Å². The molecule has 1 aromatic carbocycles. The van der Waals surface area contributed by atoms with Gasteiger partial charge in [-0.05, 0) is 31.9 Å². The molecule has 0 atom stereocenters. The lowest BCUT2D eigenvalue weighted by Crippen LogP contribution is -2.14. The quantitative estimate of drug-likeness (QED) is 0.599. The summed E-state index contributed by atoms with van der Waals surface area (Å²) in [5.41, 5.74) is 0.875. The number of methoxy groups -OCH3 is 1. The molecule has 0 radical (unpaired) electrons. The van der Waals surface area contributed by atoms with Crippen LogP contribution in [0.3, 0.4) is 0 Å². The van der Waals surface area contributed by atoms with Gasteiger partial charge in [-0.3, -0.25) is 4.98 Å². The molecule has 30 heavy (non-hydrogen) atoms. The highest BCUT2D eigenvalue weighted by atomic mass is 19.1. The number of para-hydroxylation sites is 1. The normalized spacial score (nSPS) is 11.2. The van der Waals surface area contributed by atoms with Gasteiger partial charge in [-0.15, -0.1) is 0 Å². The zero-order valence-corrected chi connectivity index (χ0v) is 17.4. The second kappa shape index (κ2) is 8.48. The van der Waals surface area contributed by atoms with Crippen LogP contribution in [0.5, 0.6) is 17.4 Å². The van der Waals surface area contributed by atoms with E-state index in [0.29, 0.717) is 17.2 Å². The minimum Gasteiger partial charge on any atom is -0.493 e. The fourth-order valence-electron chi connectivity index (χ4n) is 3.11. The lowest BCUT2D eigenvalue weighted by molar-refractivity contribution is 0.0681. The summed E-state index contributed by atoms with van der Waals surface area (Å²) < 4.78 is 26.6. The average Bonchev–Trinajstić information content (AvgIpc) is 3.11. The molecule has 158 valence electrons. The van der Waals surface area contributed by atoms with Gasteiger partial charge < -0.3 is 19.1 Å². The zero-order chi connectivity index (χ0) is 22.0. The van der Waals surface area contributed by atoms with Crippen molar-refractivity contribution >= 4 is 5.97 Å². The first kappa shape index (κ1) is 21.2.